The molecule has 16 heavy (non-hydrogen) atoms. The van der Waals surface area contributed by atoms with Crippen molar-refractivity contribution in [2.24, 2.45) is 11.5 Å². The maximum atomic E-state index is 11.2. The fraction of sp³-hybridized carbons (Fsp3) is 0.250. The van der Waals surface area contributed by atoms with Crippen LogP contribution in [-0.4, -0.2) is 19.6 Å². The summed E-state index contributed by atoms with van der Waals surface area (Å²) in [6.07, 6.45) is 4.52. The van der Waals surface area contributed by atoms with E-state index < -0.39 is 5.91 Å². The number of amides is 1. The molecule has 0 aliphatic heterocycles. The van der Waals surface area contributed by atoms with Crippen LogP contribution in [0, 0.1) is 0 Å². The van der Waals surface area contributed by atoms with Crippen molar-refractivity contribution in [2.45, 2.75) is 6.42 Å². The van der Waals surface area contributed by atoms with Gasteiger partial charge in [0.15, 0.2) is 0 Å². The molecule has 0 unspecified atom stereocenters. The number of ether oxygens (including phenoxy) is 1. The summed E-state index contributed by atoms with van der Waals surface area (Å²) < 4.78 is 5.03. The van der Waals surface area contributed by atoms with E-state index in [4.69, 9.17) is 16.2 Å². The van der Waals surface area contributed by atoms with Crippen molar-refractivity contribution in [3.63, 3.8) is 0 Å². The Hall–Kier alpha value is -1.81. The molecule has 1 aromatic rings. The number of carbonyl (C=O) groups excluding carboxylic acids is 1. The van der Waals surface area contributed by atoms with Crippen molar-refractivity contribution in [1.82, 2.24) is 0 Å². The lowest BCUT2D eigenvalue weighted by molar-refractivity contribution is 0.1000. The zero-order valence-corrected chi connectivity index (χ0v) is 9.27. The minimum Gasteiger partial charge on any atom is -0.497 e. The maximum Gasteiger partial charge on any atom is 0.249 e. The normalized spacial score (nSPS) is 10.6. The smallest absolute Gasteiger partial charge is 0.249 e. The Morgan fingerprint density at radius 2 is 2.25 bits per heavy atom. The fourth-order valence-electron chi connectivity index (χ4n) is 1.33. The fourth-order valence-corrected chi connectivity index (χ4v) is 1.33. The predicted molar refractivity (Wildman–Crippen MR) is 64.2 cm³/mol. The van der Waals surface area contributed by atoms with Gasteiger partial charge in [-0.2, -0.15) is 0 Å². The number of hydrogen-bond acceptors (Lipinski definition) is 3. The molecule has 0 saturated carbocycles. The lowest BCUT2D eigenvalue weighted by Crippen LogP contribution is -2.12. The van der Waals surface area contributed by atoms with E-state index in [1.807, 2.05) is 12.2 Å². The summed E-state index contributed by atoms with van der Waals surface area (Å²) >= 11 is 0. The molecular formula is C12H16N2O2. The molecule has 0 bridgehead atoms. The molecule has 0 heterocycles. The summed E-state index contributed by atoms with van der Waals surface area (Å²) in [6, 6.07) is 5.21. The molecule has 1 aromatic carbocycles. The third-order valence-electron chi connectivity index (χ3n) is 2.16. The topological polar surface area (TPSA) is 78.3 Å². The van der Waals surface area contributed by atoms with Crippen LogP contribution in [0.5, 0.6) is 5.75 Å². The molecular weight excluding hydrogens is 204 g/mol. The van der Waals surface area contributed by atoms with E-state index in [0.29, 0.717) is 17.9 Å². The van der Waals surface area contributed by atoms with E-state index in [2.05, 4.69) is 0 Å². The minimum atomic E-state index is -0.466. The average molecular weight is 220 g/mol. The molecule has 0 spiro atoms. The van der Waals surface area contributed by atoms with Crippen molar-refractivity contribution in [2.75, 3.05) is 13.7 Å². The monoisotopic (exact) mass is 220 g/mol. The summed E-state index contributed by atoms with van der Waals surface area (Å²) in [6.45, 7) is 0.582. The van der Waals surface area contributed by atoms with Crippen LogP contribution in [0.2, 0.25) is 0 Å². The van der Waals surface area contributed by atoms with E-state index in [-0.39, 0.29) is 0 Å². The summed E-state index contributed by atoms with van der Waals surface area (Å²) in [7, 11) is 1.55. The quantitative estimate of drug-likeness (QED) is 0.781. The van der Waals surface area contributed by atoms with Crippen LogP contribution in [0.3, 0.4) is 0 Å². The molecule has 4 heteroatoms. The van der Waals surface area contributed by atoms with Crippen molar-refractivity contribution >= 4 is 12.0 Å². The summed E-state index contributed by atoms with van der Waals surface area (Å²) in [4.78, 5) is 11.2. The second-order valence-electron chi connectivity index (χ2n) is 3.30. The first-order chi connectivity index (χ1) is 7.69. The van der Waals surface area contributed by atoms with Gasteiger partial charge in [-0.05, 0) is 30.7 Å². The molecule has 0 aromatic heterocycles. The van der Waals surface area contributed by atoms with Gasteiger partial charge in [-0.1, -0.05) is 18.2 Å². The Kier molecular flexibility index (Phi) is 4.54. The molecule has 0 radical (unpaired) electrons. The molecule has 86 valence electrons. The molecule has 0 aliphatic carbocycles. The molecule has 1 rings (SSSR count). The average Bonchev–Trinajstić information content (AvgIpc) is 2.29. The van der Waals surface area contributed by atoms with E-state index in [1.54, 1.807) is 25.3 Å². The third-order valence-corrected chi connectivity index (χ3v) is 2.16. The highest BCUT2D eigenvalue weighted by Crippen LogP contribution is 2.18. The van der Waals surface area contributed by atoms with Crippen LogP contribution >= 0.6 is 0 Å². The van der Waals surface area contributed by atoms with E-state index in [9.17, 15) is 4.79 Å². The largest absolute Gasteiger partial charge is 0.497 e. The molecule has 0 aliphatic rings. The summed E-state index contributed by atoms with van der Waals surface area (Å²) in [5.41, 5.74) is 11.9. The number of carbonyl (C=O) groups is 1. The first kappa shape index (κ1) is 12.3. The van der Waals surface area contributed by atoms with Crippen LogP contribution in [-0.2, 0) is 0 Å². The Morgan fingerprint density at radius 1 is 1.50 bits per heavy atom. The number of methoxy groups -OCH3 is 1. The lowest BCUT2D eigenvalue weighted by Gasteiger charge is -2.05. The first-order valence-corrected chi connectivity index (χ1v) is 5.03. The summed E-state index contributed by atoms with van der Waals surface area (Å²) in [5.74, 6) is 0.149. The second kappa shape index (κ2) is 5.92. The Morgan fingerprint density at radius 3 is 2.81 bits per heavy atom. The van der Waals surface area contributed by atoms with Crippen LogP contribution in [0.4, 0.5) is 0 Å². The highest BCUT2D eigenvalue weighted by atomic mass is 16.5. The van der Waals surface area contributed by atoms with Gasteiger partial charge in [0.2, 0.25) is 5.91 Å². The highest BCUT2D eigenvalue weighted by Gasteiger charge is 2.07. The zero-order chi connectivity index (χ0) is 12.0. The second-order valence-corrected chi connectivity index (χ2v) is 3.30. The molecule has 0 saturated heterocycles. The van der Waals surface area contributed by atoms with Crippen molar-refractivity contribution < 1.29 is 9.53 Å². The highest BCUT2D eigenvalue weighted by molar-refractivity contribution is 5.97. The number of benzene rings is 1. The Labute approximate surface area is 94.9 Å². The maximum absolute atomic E-state index is 11.2. The predicted octanol–water partition coefficient (Wildman–Crippen LogP) is 1.16. The lowest BCUT2D eigenvalue weighted by atomic mass is 10.1. The molecule has 0 atom stereocenters. The minimum absolute atomic E-state index is 0.452. The Bertz CT molecular complexity index is 400. The standard InChI is InChI=1S/C12H16N2O2/c1-16-10-6-5-9(4-2-3-7-13)11(8-10)12(14)15/h2,4-6,8H,3,7,13H2,1H3,(H2,14,15). The SMILES string of the molecule is COc1ccc(C=CCCN)c(C(N)=O)c1. The zero-order valence-electron chi connectivity index (χ0n) is 9.27. The van der Waals surface area contributed by atoms with Crippen molar-refractivity contribution in [3.05, 3.63) is 35.4 Å². The number of hydrogen-bond donors (Lipinski definition) is 2. The van der Waals surface area contributed by atoms with Crippen LogP contribution in [0.1, 0.15) is 22.3 Å². The van der Waals surface area contributed by atoms with Gasteiger partial charge in [-0.25, -0.2) is 0 Å². The van der Waals surface area contributed by atoms with Gasteiger partial charge in [0, 0.05) is 5.56 Å². The molecule has 1 amide bonds. The van der Waals surface area contributed by atoms with Gasteiger partial charge < -0.3 is 16.2 Å². The van der Waals surface area contributed by atoms with E-state index >= 15 is 0 Å². The van der Waals surface area contributed by atoms with Crippen molar-refractivity contribution in [3.8, 4) is 5.75 Å². The van der Waals surface area contributed by atoms with Crippen LogP contribution in [0.25, 0.3) is 6.08 Å². The van der Waals surface area contributed by atoms with Gasteiger partial charge >= 0.3 is 0 Å². The van der Waals surface area contributed by atoms with Gasteiger partial charge in [-0.3, -0.25) is 4.79 Å². The van der Waals surface area contributed by atoms with Gasteiger partial charge in [-0.15, -0.1) is 0 Å². The van der Waals surface area contributed by atoms with Crippen LogP contribution < -0.4 is 16.2 Å². The van der Waals surface area contributed by atoms with Crippen LogP contribution in [0.15, 0.2) is 24.3 Å². The third kappa shape index (κ3) is 3.10. The Balaban J connectivity index is 3.03. The molecule has 4 N–H and O–H groups in total. The number of primary amides is 1. The van der Waals surface area contributed by atoms with Gasteiger partial charge in [0.25, 0.3) is 0 Å². The first-order valence-electron chi connectivity index (χ1n) is 5.03. The van der Waals surface area contributed by atoms with E-state index in [0.717, 1.165) is 12.0 Å². The number of rotatable bonds is 5. The van der Waals surface area contributed by atoms with Gasteiger partial charge in [0.1, 0.15) is 5.75 Å². The molecule has 4 nitrogen and oxygen atoms in total. The molecule has 0 fully saturated rings. The van der Waals surface area contributed by atoms with E-state index in [1.165, 1.54) is 0 Å². The summed E-state index contributed by atoms with van der Waals surface area (Å²) in [5, 5.41) is 0. The van der Waals surface area contributed by atoms with Crippen molar-refractivity contribution in [1.29, 1.82) is 0 Å². The van der Waals surface area contributed by atoms with Gasteiger partial charge in [0.05, 0.1) is 7.11 Å². The number of nitrogens with two attached hydrogens (primary N) is 2.